The summed E-state index contributed by atoms with van der Waals surface area (Å²) >= 11 is 0. The molecule has 12 heteroatoms. The summed E-state index contributed by atoms with van der Waals surface area (Å²) in [4.78, 5) is 71.3. The zero-order chi connectivity index (χ0) is 26.9. The number of benzene rings is 1. The molecule has 4 atom stereocenters. The van der Waals surface area contributed by atoms with E-state index >= 15 is 0 Å². The smallest absolute Gasteiger partial charge is 0.246 e. The minimum absolute atomic E-state index is 0.102. The average Bonchev–Trinajstić information content (AvgIpc) is 3.55. The van der Waals surface area contributed by atoms with Gasteiger partial charge in [0, 0.05) is 38.2 Å². The van der Waals surface area contributed by atoms with Crippen LogP contribution in [0.5, 0.6) is 0 Å². The molecule has 1 aromatic carbocycles. The van der Waals surface area contributed by atoms with Gasteiger partial charge in [0.05, 0.1) is 6.33 Å². The zero-order valence-electron chi connectivity index (χ0n) is 20.9. The fourth-order valence-corrected chi connectivity index (χ4v) is 4.28. The molecule has 2 heterocycles. The second-order valence-electron chi connectivity index (χ2n) is 9.11. The van der Waals surface area contributed by atoms with E-state index in [4.69, 9.17) is 5.73 Å². The number of hydrogen-bond donors (Lipinski definition) is 5. The van der Waals surface area contributed by atoms with Crippen molar-refractivity contribution in [3.8, 4) is 0 Å². The van der Waals surface area contributed by atoms with E-state index < -0.39 is 47.8 Å². The fourth-order valence-electron chi connectivity index (χ4n) is 4.28. The molecule has 12 nitrogen and oxygen atoms in total. The third kappa shape index (κ3) is 7.63. The Morgan fingerprint density at radius 1 is 1.08 bits per heavy atom. The van der Waals surface area contributed by atoms with Gasteiger partial charge in [0.1, 0.15) is 24.2 Å². The van der Waals surface area contributed by atoms with Crippen LogP contribution in [-0.2, 0) is 36.8 Å². The van der Waals surface area contributed by atoms with Crippen LogP contribution >= 0.6 is 0 Å². The summed E-state index contributed by atoms with van der Waals surface area (Å²) in [5, 5.41) is 7.97. The largest absolute Gasteiger partial charge is 0.368 e. The zero-order valence-corrected chi connectivity index (χ0v) is 20.9. The highest BCUT2D eigenvalue weighted by Crippen LogP contribution is 2.20. The molecule has 2 aromatic rings. The van der Waals surface area contributed by atoms with E-state index in [1.54, 1.807) is 6.20 Å². The molecule has 0 bridgehead atoms. The first-order valence-electron chi connectivity index (χ1n) is 12.1. The summed E-state index contributed by atoms with van der Waals surface area (Å²) in [5.74, 6) is -2.53. The van der Waals surface area contributed by atoms with Crippen LogP contribution in [0.3, 0.4) is 0 Å². The normalized spacial score (nSPS) is 17.4. The number of nitrogens with one attached hydrogen (secondary N) is 4. The van der Waals surface area contributed by atoms with E-state index in [0.717, 1.165) is 5.56 Å². The molecular formula is C25H33N7O5. The van der Waals surface area contributed by atoms with Crippen LogP contribution in [0.2, 0.25) is 0 Å². The highest BCUT2D eigenvalue weighted by Gasteiger charge is 2.39. The SMILES string of the molecule is CC(=O)N[C@@H](Cc1ccccc1)C(=O)N[C@@H](Cc1cnc[nH]1)C(=O)N1CCC[C@H]1C(=O)N[C@@H](C)C(N)=O. The van der Waals surface area contributed by atoms with Gasteiger partial charge in [-0.25, -0.2) is 4.98 Å². The number of carbonyl (C=O) groups is 5. The third-order valence-electron chi connectivity index (χ3n) is 6.19. The molecule has 0 unspecified atom stereocenters. The number of H-pyrrole nitrogens is 1. The van der Waals surface area contributed by atoms with E-state index in [-0.39, 0.29) is 18.7 Å². The summed E-state index contributed by atoms with van der Waals surface area (Å²) in [6, 6.07) is 5.58. The maximum atomic E-state index is 13.7. The maximum absolute atomic E-state index is 13.7. The van der Waals surface area contributed by atoms with Crippen molar-refractivity contribution in [2.24, 2.45) is 5.73 Å². The lowest BCUT2D eigenvalue weighted by atomic mass is 10.0. The number of aromatic amines is 1. The number of imidazole rings is 1. The quantitative estimate of drug-likeness (QED) is 0.262. The molecule has 1 aliphatic heterocycles. The van der Waals surface area contributed by atoms with Crippen LogP contribution in [0.1, 0.15) is 37.9 Å². The average molecular weight is 512 g/mol. The van der Waals surface area contributed by atoms with Gasteiger partial charge in [0.15, 0.2) is 0 Å². The van der Waals surface area contributed by atoms with Crippen molar-refractivity contribution in [1.29, 1.82) is 0 Å². The number of rotatable bonds is 11. The summed E-state index contributed by atoms with van der Waals surface area (Å²) in [5.41, 5.74) is 6.70. The lowest BCUT2D eigenvalue weighted by Crippen LogP contribution is -2.58. The third-order valence-corrected chi connectivity index (χ3v) is 6.19. The van der Waals surface area contributed by atoms with Crippen LogP contribution in [-0.4, -0.2) is 75.1 Å². The number of nitrogens with zero attached hydrogens (tertiary/aromatic N) is 2. The Bertz CT molecular complexity index is 1110. The number of aromatic nitrogens is 2. The van der Waals surface area contributed by atoms with E-state index in [1.165, 1.54) is 25.1 Å². The first-order chi connectivity index (χ1) is 17.7. The van der Waals surface area contributed by atoms with Crippen LogP contribution < -0.4 is 21.7 Å². The van der Waals surface area contributed by atoms with Crippen LogP contribution in [0.4, 0.5) is 0 Å². The predicted octanol–water partition coefficient (Wildman–Crippen LogP) is -0.835. The van der Waals surface area contributed by atoms with Crippen LogP contribution in [0.25, 0.3) is 0 Å². The first-order valence-corrected chi connectivity index (χ1v) is 12.1. The maximum Gasteiger partial charge on any atom is 0.246 e. The molecule has 1 aromatic heterocycles. The highest BCUT2D eigenvalue weighted by atomic mass is 16.2. The number of nitrogens with two attached hydrogens (primary N) is 1. The van der Waals surface area contributed by atoms with Crippen molar-refractivity contribution in [2.75, 3.05) is 6.54 Å². The molecule has 0 radical (unpaired) electrons. The molecule has 0 saturated carbocycles. The van der Waals surface area contributed by atoms with Gasteiger partial charge in [-0.2, -0.15) is 0 Å². The highest BCUT2D eigenvalue weighted by molar-refractivity contribution is 5.95. The lowest BCUT2D eigenvalue weighted by molar-refractivity contribution is -0.142. The fraction of sp³-hybridized carbons (Fsp3) is 0.440. The van der Waals surface area contributed by atoms with Gasteiger partial charge in [-0.15, -0.1) is 0 Å². The van der Waals surface area contributed by atoms with Gasteiger partial charge in [-0.05, 0) is 25.3 Å². The molecule has 198 valence electrons. The second-order valence-corrected chi connectivity index (χ2v) is 9.11. The summed E-state index contributed by atoms with van der Waals surface area (Å²) < 4.78 is 0. The molecule has 3 rings (SSSR count). The van der Waals surface area contributed by atoms with Crippen molar-refractivity contribution < 1.29 is 24.0 Å². The molecule has 5 amide bonds. The molecule has 0 aliphatic carbocycles. The lowest BCUT2D eigenvalue weighted by Gasteiger charge is -2.30. The number of carbonyl (C=O) groups excluding carboxylic acids is 5. The molecule has 0 spiro atoms. The number of likely N-dealkylation sites (tertiary alicyclic amines) is 1. The summed E-state index contributed by atoms with van der Waals surface area (Å²) in [6.07, 6.45) is 4.34. The first kappa shape index (κ1) is 27.4. The van der Waals surface area contributed by atoms with Gasteiger partial charge >= 0.3 is 0 Å². The number of amides is 5. The van der Waals surface area contributed by atoms with Crippen molar-refractivity contribution in [3.05, 3.63) is 54.1 Å². The van der Waals surface area contributed by atoms with Crippen molar-refractivity contribution in [1.82, 2.24) is 30.8 Å². The standard InChI is InChI=1S/C25H33N7O5/c1-15(22(26)34)29-24(36)21-9-6-10-32(21)25(37)20(12-18-13-27-14-28-18)31-23(35)19(30-16(2)33)11-17-7-4-3-5-8-17/h3-5,7-8,13-15,19-21H,6,9-12H2,1-2H3,(H2,26,34)(H,27,28)(H,29,36)(H,30,33)(H,31,35)/t15-,19-,20-,21-/m0/s1. The Morgan fingerprint density at radius 3 is 2.43 bits per heavy atom. The van der Waals surface area contributed by atoms with E-state index in [0.29, 0.717) is 25.1 Å². The van der Waals surface area contributed by atoms with E-state index in [2.05, 4.69) is 25.9 Å². The van der Waals surface area contributed by atoms with Crippen LogP contribution in [0.15, 0.2) is 42.9 Å². The van der Waals surface area contributed by atoms with E-state index in [1.807, 2.05) is 30.3 Å². The molecule has 1 aliphatic rings. The number of primary amides is 1. The van der Waals surface area contributed by atoms with Crippen LogP contribution in [0, 0.1) is 0 Å². The molecule has 1 fully saturated rings. The Hall–Kier alpha value is -4.22. The van der Waals surface area contributed by atoms with Gasteiger partial charge in [-0.1, -0.05) is 30.3 Å². The minimum Gasteiger partial charge on any atom is -0.368 e. The van der Waals surface area contributed by atoms with Crippen molar-refractivity contribution >= 4 is 29.5 Å². The summed E-state index contributed by atoms with van der Waals surface area (Å²) in [7, 11) is 0. The Morgan fingerprint density at radius 2 is 1.81 bits per heavy atom. The summed E-state index contributed by atoms with van der Waals surface area (Å²) in [6.45, 7) is 3.10. The van der Waals surface area contributed by atoms with Gasteiger partial charge in [0.2, 0.25) is 29.5 Å². The molecule has 37 heavy (non-hydrogen) atoms. The van der Waals surface area contributed by atoms with Gasteiger partial charge in [-0.3, -0.25) is 24.0 Å². The van der Waals surface area contributed by atoms with Crippen molar-refractivity contribution in [3.63, 3.8) is 0 Å². The van der Waals surface area contributed by atoms with Crippen molar-refractivity contribution in [2.45, 2.75) is 63.7 Å². The predicted molar refractivity (Wildman–Crippen MR) is 134 cm³/mol. The Kier molecular flexibility index (Phi) is 9.36. The van der Waals surface area contributed by atoms with Gasteiger partial charge in [0.25, 0.3) is 0 Å². The molecule has 6 N–H and O–H groups in total. The topological polar surface area (TPSA) is 179 Å². The Labute approximate surface area is 214 Å². The minimum atomic E-state index is -1.03. The second kappa shape index (κ2) is 12.7. The molecular weight excluding hydrogens is 478 g/mol. The van der Waals surface area contributed by atoms with Gasteiger partial charge < -0.3 is 31.6 Å². The number of hydrogen-bond acceptors (Lipinski definition) is 6. The Balaban J connectivity index is 1.79. The van der Waals surface area contributed by atoms with E-state index in [9.17, 15) is 24.0 Å². The monoisotopic (exact) mass is 511 g/mol. The molecule has 1 saturated heterocycles.